The second-order valence-corrected chi connectivity index (χ2v) is 4.52. The minimum atomic E-state index is -0.0932. The maximum atomic E-state index is 11.4. The predicted molar refractivity (Wildman–Crippen MR) is 75.9 cm³/mol. The van der Waals surface area contributed by atoms with Crippen LogP contribution >= 0.6 is 23.2 Å². The summed E-state index contributed by atoms with van der Waals surface area (Å²) < 4.78 is 5.55. The Morgan fingerprint density at radius 1 is 1.22 bits per heavy atom. The third-order valence-corrected chi connectivity index (χ3v) is 2.69. The number of carbonyl (C=O) groups excluding carboxylic acids is 1. The van der Waals surface area contributed by atoms with Gasteiger partial charge in [-0.2, -0.15) is 0 Å². The van der Waals surface area contributed by atoms with Gasteiger partial charge in [0.05, 0.1) is 6.61 Å². The van der Waals surface area contributed by atoms with Crippen LogP contribution in [0.3, 0.4) is 0 Å². The number of halogens is 2. The summed E-state index contributed by atoms with van der Waals surface area (Å²) in [4.78, 5) is 11.4. The molecule has 0 heterocycles. The molecule has 3 nitrogen and oxygen atoms in total. The van der Waals surface area contributed by atoms with E-state index in [9.17, 15) is 4.79 Å². The maximum Gasteiger partial charge on any atom is 0.225 e. The molecule has 0 aliphatic rings. The lowest BCUT2D eigenvalue weighted by atomic mass is 10.3. The number of carbonyl (C=O) groups is 1. The zero-order chi connectivity index (χ0) is 13.2. The molecule has 18 heavy (non-hydrogen) atoms. The van der Waals surface area contributed by atoms with Crippen LogP contribution in [0.2, 0.25) is 0 Å². The third kappa shape index (κ3) is 6.12. The molecule has 100 valence electrons. The second kappa shape index (κ2) is 9.06. The van der Waals surface area contributed by atoms with Crippen LogP contribution in [0.4, 0.5) is 5.69 Å². The van der Waals surface area contributed by atoms with Crippen molar-refractivity contribution < 1.29 is 9.53 Å². The number of amides is 1. The van der Waals surface area contributed by atoms with Gasteiger partial charge in [0.25, 0.3) is 0 Å². The number of rotatable bonds is 8. The summed E-state index contributed by atoms with van der Waals surface area (Å²) >= 11 is 11.1. The van der Waals surface area contributed by atoms with Crippen molar-refractivity contribution in [3.05, 3.63) is 24.3 Å². The standard InChI is InChI=1S/C13H17Cl2NO2/c14-7-1-2-9-18-12-5-3-4-11(10-12)16-13(17)6-8-15/h3-5,10H,1-2,6-9H2,(H,16,17). The van der Waals surface area contributed by atoms with Gasteiger partial charge in [-0.1, -0.05) is 6.07 Å². The van der Waals surface area contributed by atoms with Gasteiger partial charge in [0.1, 0.15) is 5.75 Å². The molecule has 0 spiro atoms. The van der Waals surface area contributed by atoms with E-state index in [0.717, 1.165) is 24.3 Å². The molecule has 0 bridgehead atoms. The molecule has 0 saturated heterocycles. The lowest BCUT2D eigenvalue weighted by Crippen LogP contribution is -2.11. The number of benzene rings is 1. The van der Waals surface area contributed by atoms with Gasteiger partial charge in [-0.15, -0.1) is 23.2 Å². The number of ether oxygens (including phenoxy) is 1. The van der Waals surface area contributed by atoms with Crippen molar-refractivity contribution in [1.29, 1.82) is 0 Å². The largest absolute Gasteiger partial charge is 0.494 e. The van der Waals surface area contributed by atoms with Gasteiger partial charge < -0.3 is 10.1 Å². The fourth-order valence-corrected chi connectivity index (χ4v) is 1.72. The molecular weight excluding hydrogens is 273 g/mol. The molecule has 0 fully saturated rings. The second-order valence-electron chi connectivity index (χ2n) is 3.76. The highest BCUT2D eigenvalue weighted by Crippen LogP contribution is 2.17. The number of alkyl halides is 2. The Hall–Kier alpha value is -0.930. The average molecular weight is 290 g/mol. The summed E-state index contributed by atoms with van der Waals surface area (Å²) in [5.41, 5.74) is 0.722. The Kier molecular flexibility index (Phi) is 7.62. The van der Waals surface area contributed by atoms with Gasteiger partial charge in [0.2, 0.25) is 5.91 Å². The molecule has 0 aliphatic heterocycles. The van der Waals surface area contributed by atoms with Gasteiger partial charge >= 0.3 is 0 Å². The van der Waals surface area contributed by atoms with Crippen LogP contribution in [-0.4, -0.2) is 24.3 Å². The van der Waals surface area contributed by atoms with E-state index in [-0.39, 0.29) is 5.91 Å². The SMILES string of the molecule is O=C(CCCl)Nc1cccc(OCCCCCl)c1. The Morgan fingerprint density at radius 2 is 2.06 bits per heavy atom. The van der Waals surface area contributed by atoms with Crippen molar-refractivity contribution in [2.45, 2.75) is 19.3 Å². The van der Waals surface area contributed by atoms with E-state index < -0.39 is 0 Å². The van der Waals surface area contributed by atoms with E-state index in [2.05, 4.69) is 5.32 Å². The molecule has 1 N–H and O–H groups in total. The molecule has 1 aromatic carbocycles. The van der Waals surface area contributed by atoms with Gasteiger partial charge in [-0.05, 0) is 25.0 Å². The fraction of sp³-hybridized carbons (Fsp3) is 0.462. The van der Waals surface area contributed by atoms with Crippen molar-refractivity contribution in [2.24, 2.45) is 0 Å². The van der Waals surface area contributed by atoms with Crippen LogP contribution in [0.1, 0.15) is 19.3 Å². The Labute approximate surface area is 117 Å². The summed E-state index contributed by atoms with van der Waals surface area (Å²) in [6.45, 7) is 0.631. The number of nitrogens with one attached hydrogen (secondary N) is 1. The lowest BCUT2D eigenvalue weighted by Gasteiger charge is -2.08. The van der Waals surface area contributed by atoms with Crippen LogP contribution in [0.5, 0.6) is 5.75 Å². The smallest absolute Gasteiger partial charge is 0.225 e. The minimum absolute atomic E-state index is 0.0932. The molecular formula is C13H17Cl2NO2. The summed E-state index contributed by atoms with van der Waals surface area (Å²) in [7, 11) is 0. The zero-order valence-electron chi connectivity index (χ0n) is 10.1. The molecule has 0 aliphatic carbocycles. The first-order valence-corrected chi connectivity index (χ1v) is 6.98. The number of hydrogen-bond donors (Lipinski definition) is 1. The molecule has 1 amide bonds. The normalized spacial score (nSPS) is 10.1. The van der Waals surface area contributed by atoms with E-state index in [0.29, 0.717) is 24.8 Å². The first kappa shape index (κ1) is 15.1. The summed E-state index contributed by atoms with van der Waals surface area (Å²) in [5.74, 6) is 1.62. The number of hydrogen-bond acceptors (Lipinski definition) is 2. The van der Waals surface area contributed by atoms with Gasteiger partial charge in [-0.3, -0.25) is 4.79 Å². The van der Waals surface area contributed by atoms with Gasteiger partial charge in [0.15, 0.2) is 0 Å². The van der Waals surface area contributed by atoms with Crippen LogP contribution in [0.15, 0.2) is 24.3 Å². The molecule has 0 aromatic heterocycles. The van der Waals surface area contributed by atoms with Crippen molar-refractivity contribution in [3.63, 3.8) is 0 Å². The maximum absolute atomic E-state index is 11.4. The van der Waals surface area contributed by atoms with Gasteiger partial charge in [-0.25, -0.2) is 0 Å². The summed E-state index contributed by atoms with van der Waals surface area (Å²) in [6, 6.07) is 7.32. The van der Waals surface area contributed by atoms with Crippen LogP contribution in [-0.2, 0) is 4.79 Å². The molecule has 0 atom stereocenters. The van der Waals surface area contributed by atoms with E-state index in [1.165, 1.54) is 0 Å². The number of unbranched alkanes of at least 4 members (excludes halogenated alkanes) is 1. The molecule has 1 aromatic rings. The molecule has 0 unspecified atom stereocenters. The first-order valence-electron chi connectivity index (χ1n) is 5.91. The van der Waals surface area contributed by atoms with E-state index in [4.69, 9.17) is 27.9 Å². The Bertz CT molecular complexity index is 372. The molecule has 0 saturated carbocycles. The van der Waals surface area contributed by atoms with E-state index >= 15 is 0 Å². The first-order chi connectivity index (χ1) is 8.76. The highest BCUT2D eigenvalue weighted by molar-refractivity contribution is 6.19. The Balaban J connectivity index is 2.43. The van der Waals surface area contributed by atoms with Crippen LogP contribution in [0.25, 0.3) is 0 Å². The van der Waals surface area contributed by atoms with Gasteiger partial charge in [0, 0.05) is 29.9 Å². The zero-order valence-corrected chi connectivity index (χ0v) is 11.6. The lowest BCUT2D eigenvalue weighted by molar-refractivity contribution is -0.115. The van der Waals surface area contributed by atoms with E-state index in [1.807, 2.05) is 18.2 Å². The van der Waals surface area contributed by atoms with Crippen molar-refractivity contribution >= 4 is 34.8 Å². The third-order valence-electron chi connectivity index (χ3n) is 2.24. The monoisotopic (exact) mass is 289 g/mol. The van der Waals surface area contributed by atoms with Crippen molar-refractivity contribution in [2.75, 3.05) is 23.7 Å². The number of anilines is 1. The average Bonchev–Trinajstić information content (AvgIpc) is 2.35. The predicted octanol–water partition coefficient (Wildman–Crippen LogP) is 3.65. The summed E-state index contributed by atoms with van der Waals surface area (Å²) in [5, 5.41) is 2.76. The topological polar surface area (TPSA) is 38.3 Å². The van der Waals surface area contributed by atoms with Crippen LogP contribution in [0, 0.1) is 0 Å². The summed E-state index contributed by atoms with van der Waals surface area (Å²) in [6.07, 6.45) is 2.17. The van der Waals surface area contributed by atoms with Crippen molar-refractivity contribution in [1.82, 2.24) is 0 Å². The quantitative estimate of drug-likeness (QED) is 0.586. The van der Waals surface area contributed by atoms with E-state index in [1.54, 1.807) is 6.07 Å². The Morgan fingerprint density at radius 3 is 2.78 bits per heavy atom. The fourth-order valence-electron chi connectivity index (χ4n) is 1.36. The highest BCUT2D eigenvalue weighted by atomic mass is 35.5. The highest BCUT2D eigenvalue weighted by Gasteiger charge is 2.02. The van der Waals surface area contributed by atoms with Crippen LogP contribution < -0.4 is 10.1 Å². The van der Waals surface area contributed by atoms with Crippen molar-refractivity contribution in [3.8, 4) is 5.75 Å². The molecule has 5 heteroatoms. The molecule has 0 radical (unpaired) electrons. The molecule has 1 rings (SSSR count). The minimum Gasteiger partial charge on any atom is -0.494 e.